The van der Waals surface area contributed by atoms with Crippen molar-refractivity contribution in [3.63, 3.8) is 0 Å². The number of piperidine rings is 1. The Kier molecular flexibility index (Phi) is 14.9. The van der Waals surface area contributed by atoms with Crippen LogP contribution in [0.1, 0.15) is 36.8 Å². The molecule has 8 nitrogen and oxygen atoms in total. The number of halogens is 6. The number of amides is 2. The zero-order valence-corrected chi connectivity index (χ0v) is 25.0. The van der Waals surface area contributed by atoms with Gasteiger partial charge in [-0.2, -0.15) is 38.1 Å². The first-order chi connectivity index (χ1) is 21.1. The molecular weight excluding hydrogens is 628 g/mol. The second kappa shape index (κ2) is 17.8. The molecule has 2 aromatic carbocycles. The molecule has 1 saturated heterocycles. The minimum absolute atomic E-state index is 0.129. The predicted molar refractivity (Wildman–Crippen MR) is 156 cm³/mol. The lowest BCUT2D eigenvalue weighted by Gasteiger charge is -2.41. The van der Waals surface area contributed by atoms with E-state index in [9.17, 15) is 40.7 Å². The van der Waals surface area contributed by atoms with E-state index in [0.29, 0.717) is 19.3 Å². The average molecular weight is 664 g/mol. The van der Waals surface area contributed by atoms with Gasteiger partial charge in [-0.3, -0.25) is 19.3 Å². The topological polar surface area (TPSA) is 121 Å². The molecule has 0 bridgehead atoms. The van der Waals surface area contributed by atoms with E-state index in [1.165, 1.54) is 5.56 Å². The Labute approximate surface area is 260 Å². The van der Waals surface area contributed by atoms with Gasteiger partial charge in [-0.25, -0.2) is 4.79 Å². The molecule has 15 heteroatoms. The Morgan fingerprint density at radius 3 is 1.87 bits per heavy atom. The van der Waals surface area contributed by atoms with Crippen LogP contribution >= 0.6 is 11.8 Å². The molecular formula is C30H35F6N3O5S. The first kappa shape index (κ1) is 37.6. The van der Waals surface area contributed by atoms with Crippen LogP contribution in [0.4, 0.5) is 26.3 Å². The second-order valence-corrected chi connectivity index (χ2v) is 11.4. The number of alkyl halides is 6. The van der Waals surface area contributed by atoms with Gasteiger partial charge in [-0.1, -0.05) is 60.7 Å². The van der Waals surface area contributed by atoms with Crippen molar-refractivity contribution < 1.29 is 50.6 Å². The third kappa shape index (κ3) is 13.5. The van der Waals surface area contributed by atoms with Crippen molar-refractivity contribution in [3.8, 4) is 0 Å². The van der Waals surface area contributed by atoms with Crippen LogP contribution < -0.4 is 5.73 Å². The number of carboxylic acid groups (broad SMARTS) is 1. The van der Waals surface area contributed by atoms with E-state index >= 15 is 0 Å². The van der Waals surface area contributed by atoms with E-state index in [0.717, 1.165) is 37.0 Å². The van der Waals surface area contributed by atoms with Crippen LogP contribution in [-0.4, -0.2) is 87.5 Å². The highest BCUT2D eigenvalue weighted by Crippen LogP contribution is 2.25. The van der Waals surface area contributed by atoms with Crippen LogP contribution in [0.3, 0.4) is 0 Å². The van der Waals surface area contributed by atoms with Crippen LogP contribution in [-0.2, 0) is 32.1 Å². The number of thioether (sulfide) groups is 1. The molecule has 1 atom stereocenters. The molecule has 2 amide bonds. The highest BCUT2D eigenvalue weighted by atomic mass is 32.2. The monoisotopic (exact) mass is 663 g/mol. The summed E-state index contributed by atoms with van der Waals surface area (Å²) in [6, 6.07) is 18.4. The van der Waals surface area contributed by atoms with Gasteiger partial charge in [0.2, 0.25) is 17.6 Å². The first-order valence-electron chi connectivity index (χ1n) is 14.0. The number of carbonyl (C=O) groups is 4. The first-order valence-corrected chi connectivity index (χ1v) is 15.1. The van der Waals surface area contributed by atoms with Crippen LogP contribution in [0.15, 0.2) is 60.7 Å². The molecule has 2 aromatic rings. The zero-order chi connectivity index (χ0) is 33.6. The third-order valence-electron chi connectivity index (χ3n) is 6.91. The maximum Gasteiger partial charge on any atom is 0.490 e. The number of nitrogens with two attached hydrogens (primary N) is 1. The summed E-state index contributed by atoms with van der Waals surface area (Å²) in [6.45, 7) is 2.32. The van der Waals surface area contributed by atoms with Crippen LogP contribution in [0.2, 0.25) is 0 Å². The van der Waals surface area contributed by atoms with Crippen molar-refractivity contribution in [1.82, 2.24) is 9.80 Å². The Balaban J connectivity index is 0.000000900. The summed E-state index contributed by atoms with van der Waals surface area (Å²) >= 11 is 0.870. The normalized spacial score (nSPS) is 15.0. The molecule has 0 aromatic heterocycles. The molecule has 0 saturated carbocycles. The molecule has 1 aliphatic heterocycles. The average Bonchev–Trinajstić information content (AvgIpc) is 2.97. The predicted octanol–water partition coefficient (Wildman–Crippen LogP) is 4.85. The smallest absolute Gasteiger partial charge is 0.475 e. The molecule has 0 unspecified atom stereocenters. The summed E-state index contributed by atoms with van der Waals surface area (Å²) in [7, 11) is 0. The summed E-state index contributed by atoms with van der Waals surface area (Å²) in [6.07, 6.45) is -7.85. The summed E-state index contributed by atoms with van der Waals surface area (Å²) in [5, 5.41) is 7.12. The van der Waals surface area contributed by atoms with Crippen LogP contribution in [0.25, 0.3) is 0 Å². The van der Waals surface area contributed by atoms with E-state index in [4.69, 9.17) is 15.6 Å². The number of carboxylic acids is 1. The molecule has 1 heterocycles. The van der Waals surface area contributed by atoms with Crippen molar-refractivity contribution in [3.05, 3.63) is 71.8 Å². The van der Waals surface area contributed by atoms with Crippen molar-refractivity contribution >= 4 is 35.3 Å². The van der Waals surface area contributed by atoms with Crippen molar-refractivity contribution in [2.75, 3.05) is 24.6 Å². The van der Waals surface area contributed by atoms with Gasteiger partial charge in [-0.05, 0) is 42.6 Å². The van der Waals surface area contributed by atoms with Crippen LogP contribution in [0, 0.1) is 0 Å². The number of likely N-dealkylation sites (tertiary alicyclic amines) is 1. The number of ketones is 1. The minimum atomic E-state index is -5.08. The van der Waals surface area contributed by atoms with E-state index in [1.54, 1.807) is 4.90 Å². The molecule has 248 valence electrons. The maximum absolute atomic E-state index is 13.5. The van der Waals surface area contributed by atoms with Gasteiger partial charge < -0.3 is 15.7 Å². The zero-order valence-electron chi connectivity index (χ0n) is 24.2. The van der Waals surface area contributed by atoms with Crippen molar-refractivity contribution in [1.29, 1.82) is 0 Å². The van der Waals surface area contributed by atoms with Gasteiger partial charge in [-0.15, -0.1) is 0 Å². The number of aliphatic carboxylic acids is 1. The fraction of sp³-hybridized carbons (Fsp3) is 0.467. The largest absolute Gasteiger partial charge is 0.490 e. The number of Topliss-reactive ketones (excluding diaryl/α,β-unsaturated/α-hetero) is 1. The molecule has 1 fully saturated rings. The van der Waals surface area contributed by atoms with E-state index in [2.05, 4.69) is 17.0 Å². The minimum Gasteiger partial charge on any atom is -0.475 e. The fourth-order valence-electron chi connectivity index (χ4n) is 4.73. The number of primary amides is 1. The SMILES string of the molecule is NC(=O)[C@H](CCCSCC(=O)C(F)(F)F)N(C(=O)Cc1ccccc1)C1CCN(Cc2ccccc2)CC1.O=C(O)C(F)(F)F. The lowest BCUT2D eigenvalue weighted by Crippen LogP contribution is -2.56. The van der Waals surface area contributed by atoms with E-state index < -0.39 is 41.8 Å². The molecule has 0 radical (unpaired) electrons. The van der Waals surface area contributed by atoms with Crippen LogP contribution in [0.5, 0.6) is 0 Å². The summed E-state index contributed by atoms with van der Waals surface area (Å²) in [4.78, 5) is 50.1. The van der Waals surface area contributed by atoms with Gasteiger partial charge in [0.25, 0.3) is 0 Å². The number of rotatable bonds is 13. The molecule has 3 rings (SSSR count). The standard InChI is InChI=1S/C28H34F3N3O3S.C2HF3O2/c29-28(30,31)25(35)20-38-17-7-12-24(27(32)37)34(26(36)18-21-8-3-1-4-9-21)23-13-15-33(16-14-23)19-22-10-5-2-6-11-22;3-2(4,5)1(6)7/h1-6,8-11,23-24H,7,12-20H2,(H2,32,37);(H,6,7)/t24-;/m0./s1. The molecule has 0 spiro atoms. The maximum atomic E-state index is 13.5. The molecule has 45 heavy (non-hydrogen) atoms. The van der Waals surface area contributed by atoms with Crippen molar-refractivity contribution in [2.24, 2.45) is 5.73 Å². The van der Waals surface area contributed by atoms with E-state index in [1.807, 2.05) is 48.5 Å². The lowest BCUT2D eigenvalue weighted by molar-refractivity contribution is -0.192. The molecule has 3 N–H and O–H groups in total. The molecule has 0 aliphatic carbocycles. The highest BCUT2D eigenvalue weighted by Gasteiger charge is 2.39. The van der Waals surface area contributed by atoms with Gasteiger partial charge in [0.1, 0.15) is 6.04 Å². The Hall–Kier alpha value is -3.59. The van der Waals surface area contributed by atoms with Gasteiger partial charge in [0, 0.05) is 25.7 Å². The van der Waals surface area contributed by atoms with Gasteiger partial charge >= 0.3 is 18.3 Å². The number of hydrogen-bond donors (Lipinski definition) is 2. The van der Waals surface area contributed by atoms with Crippen molar-refractivity contribution in [2.45, 2.75) is 63.1 Å². The Bertz CT molecular complexity index is 1240. The molecule has 1 aliphatic rings. The summed E-state index contributed by atoms with van der Waals surface area (Å²) < 4.78 is 69.1. The Morgan fingerprint density at radius 1 is 0.889 bits per heavy atom. The number of nitrogens with zero attached hydrogens (tertiary/aromatic N) is 2. The number of benzene rings is 2. The second-order valence-electron chi connectivity index (χ2n) is 10.3. The quantitative estimate of drug-likeness (QED) is 0.232. The van der Waals surface area contributed by atoms with Gasteiger partial charge in [0.05, 0.1) is 12.2 Å². The summed E-state index contributed by atoms with van der Waals surface area (Å²) in [5.41, 5.74) is 7.81. The van der Waals surface area contributed by atoms with E-state index in [-0.39, 0.29) is 30.5 Å². The number of carbonyl (C=O) groups excluding carboxylic acids is 3. The lowest BCUT2D eigenvalue weighted by atomic mass is 9.97. The fourth-order valence-corrected chi connectivity index (χ4v) is 5.60. The highest BCUT2D eigenvalue weighted by molar-refractivity contribution is 7.99. The Morgan fingerprint density at radius 2 is 1.40 bits per heavy atom. The van der Waals surface area contributed by atoms with Gasteiger partial charge in [0.15, 0.2) is 0 Å². The third-order valence-corrected chi connectivity index (χ3v) is 7.95. The number of hydrogen-bond acceptors (Lipinski definition) is 6. The summed E-state index contributed by atoms with van der Waals surface area (Å²) in [5.74, 6) is -5.78.